The molecular weight excluding hydrogens is 194 g/mol. The molecular formula is C5H6ClN7. The topological polar surface area (TPSA) is 126 Å². The molecule has 0 aliphatic rings. The maximum Gasteiger partial charge on any atom is 0.224 e. The third-order valence-electron chi connectivity index (χ3n) is 1.22. The Kier molecular flexibility index (Phi) is 2.70. The number of rotatable bonds is 2. The summed E-state index contributed by atoms with van der Waals surface area (Å²) < 4.78 is 0. The molecule has 0 aromatic carbocycles. The van der Waals surface area contributed by atoms with Gasteiger partial charge in [0.05, 0.1) is 5.56 Å². The second-order valence-electron chi connectivity index (χ2n) is 2.02. The van der Waals surface area contributed by atoms with Crippen molar-refractivity contribution in [2.45, 2.75) is 0 Å². The van der Waals surface area contributed by atoms with Crippen LogP contribution in [0.1, 0.15) is 5.56 Å². The van der Waals surface area contributed by atoms with Crippen LogP contribution in [0.5, 0.6) is 0 Å². The summed E-state index contributed by atoms with van der Waals surface area (Å²) in [6.07, 6.45) is 1.31. The Balaban J connectivity index is 3.15. The molecule has 0 fully saturated rings. The lowest BCUT2D eigenvalue weighted by atomic mass is 10.3. The van der Waals surface area contributed by atoms with Gasteiger partial charge >= 0.3 is 0 Å². The SMILES string of the molecule is N=N/N=C(\N)c1cnc(Cl)nc1N. The number of nitrogens with one attached hydrogen (secondary N) is 1. The van der Waals surface area contributed by atoms with Crippen molar-refractivity contribution in [3.63, 3.8) is 0 Å². The van der Waals surface area contributed by atoms with Crippen LogP contribution in [0.2, 0.25) is 5.28 Å². The van der Waals surface area contributed by atoms with Crippen LogP contribution in [0.4, 0.5) is 5.82 Å². The molecule has 0 aliphatic carbocycles. The van der Waals surface area contributed by atoms with Crippen LogP contribution >= 0.6 is 11.6 Å². The number of nitrogen functional groups attached to an aromatic ring is 1. The maximum absolute atomic E-state index is 6.44. The lowest BCUT2D eigenvalue weighted by molar-refractivity contribution is 0.984. The molecule has 1 heterocycles. The lowest BCUT2D eigenvalue weighted by Crippen LogP contribution is -2.16. The third-order valence-corrected chi connectivity index (χ3v) is 1.40. The van der Waals surface area contributed by atoms with Crippen LogP contribution in [-0.4, -0.2) is 15.8 Å². The van der Waals surface area contributed by atoms with Gasteiger partial charge in [-0.3, -0.25) is 0 Å². The van der Waals surface area contributed by atoms with E-state index in [4.69, 9.17) is 28.6 Å². The van der Waals surface area contributed by atoms with Gasteiger partial charge in [-0.15, -0.1) is 5.10 Å². The molecule has 1 rings (SSSR count). The fourth-order valence-electron chi connectivity index (χ4n) is 0.678. The van der Waals surface area contributed by atoms with Gasteiger partial charge in [0.1, 0.15) is 5.82 Å². The van der Waals surface area contributed by atoms with Crippen molar-refractivity contribution >= 4 is 23.3 Å². The van der Waals surface area contributed by atoms with Crippen LogP contribution in [0.15, 0.2) is 16.5 Å². The van der Waals surface area contributed by atoms with Crippen molar-refractivity contribution in [3.05, 3.63) is 17.0 Å². The average molecular weight is 200 g/mol. The monoisotopic (exact) mass is 199 g/mol. The van der Waals surface area contributed by atoms with Gasteiger partial charge in [0.2, 0.25) is 5.28 Å². The van der Waals surface area contributed by atoms with Crippen molar-refractivity contribution in [1.82, 2.24) is 9.97 Å². The first kappa shape index (κ1) is 9.33. The van der Waals surface area contributed by atoms with Gasteiger partial charge in [-0.2, -0.15) is 5.53 Å². The van der Waals surface area contributed by atoms with E-state index in [1.165, 1.54) is 6.20 Å². The first-order valence-corrected chi connectivity index (χ1v) is 3.51. The molecule has 0 bridgehead atoms. The molecule has 0 aliphatic heterocycles. The fourth-order valence-corrected chi connectivity index (χ4v) is 0.817. The molecule has 0 saturated heterocycles. The normalized spacial score (nSPS) is 11.3. The number of hydrogen-bond donors (Lipinski definition) is 3. The molecule has 68 valence electrons. The summed E-state index contributed by atoms with van der Waals surface area (Å²) in [6.45, 7) is 0. The van der Waals surface area contributed by atoms with E-state index in [1.54, 1.807) is 0 Å². The van der Waals surface area contributed by atoms with E-state index in [-0.39, 0.29) is 16.9 Å². The van der Waals surface area contributed by atoms with E-state index < -0.39 is 0 Å². The Hall–Kier alpha value is -1.76. The third kappa shape index (κ3) is 2.09. The van der Waals surface area contributed by atoms with Crippen molar-refractivity contribution in [2.24, 2.45) is 16.1 Å². The predicted molar refractivity (Wildman–Crippen MR) is 47.3 cm³/mol. The highest BCUT2D eigenvalue weighted by molar-refractivity contribution is 6.28. The first-order chi connectivity index (χ1) is 6.15. The Bertz CT molecular complexity index is 360. The van der Waals surface area contributed by atoms with Crippen LogP contribution < -0.4 is 11.5 Å². The van der Waals surface area contributed by atoms with Gasteiger partial charge in [0.25, 0.3) is 0 Å². The van der Waals surface area contributed by atoms with Crippen LogP contribution in [0, 0.1) is 5.53 Å². The summed E-state index contributed by atoms with van der Waals surface area (Å²) in [5, 5.41) is 6.04. The minimum absolute atomic E-state index is 0.0239. The minimum atomic E-state index is -0.0239. The number of amidine groups is 1. The lowest BCUT2D eigenvalue weighted by Gasteiger charge is -2.00. The predicted octanol–water partition coefficient (Wildman–Crippen LogP) is 0.363. The Morgan fingerprint density at radius 3 is 2.85 bits per heavy atom. The van der Waals surface area contributed by atoms with Crippen LogP contribution in [0.25, 0.3) is 0 Å². The van der Waals surface area contributed by atoms with Crippen LogP contribution in [-0.2, 0) is 0 Å². The minimum Gasteiger partial charge on any atom is -0.383 e. The summed E-state index contributed by atoms with van der Waals surface area (Å²) in [6, 6.07) is 0. The van der Waals surface area contributed by atoms with Gasteiger partial charge in [-0.1, -0.05) is 5.22 Å². The molecule has 5 N–H and O–H groups in total. The van der Waals surface area contributed by atoms with Gasteiger partial charge in [0, 0.05) is 6.20 Å². The molecule has 7 nitrogen and oxygen atoms in total. The maximum atomic E-state index is 6.44. The zero-order chi connectivity index (χ0) is 9.84. The number of aromatic nitrogens is 2. The summed E-state index contributed by atoms with van der Waals surface area (Å²) >= 11 is 5.46. The van der Waals surface area contributed by atoms with E-state index in [0.29, 0.717) is 5.56 Å². The molecule has 0 amide bonds. The van der Waals surface area contributed by atoms with E-state index in [0.717, 1.165) is 0 Å². The summed E-state index contributed by atoms with van der Waals surface area (Å²) in [7, 11) is 0. The Morgan fingerprint density at radius 1 is 1.62 bits per heavy atom. The number of halogens is 1. The number of hydrogen-bond acceptors (Lipinski definition) is 5. The van der Waals surface area contributed by atoms with Gasteiger partial charge in [-0.05, 0) is 11.6 Å². The number of nitrogens with two attached hydrogens (primary N) is 2. The van der Waals surface area contributed by atoms with Crippen molar-refractivity contribution in [1.29, 1.82) is 5.53 Å². The highest BCUT2D eigenvalue weighted by Gasteiger charge is 2.06. The number of nitrogens with zero attached hydrogens (tertiary/aromatic N) is 4. The zero-order valence-corrected chi connectivity index (χ0v) is 7.15. The number of anilines is 1. The van der Waals surface area contributed by atoms with E-state index >= 15 is 0 Å². The van der Waals surface area contributed by atoms with Crippen molar-refractivity contribution < 1.29 is 0 Å². The van der Waals surface area contributed by atoms with Gasteiger partial charge < -0.3 is 11.5 Å². The fraction of sp³-hybridized carbons (Fsp3) is 0. The van der Waals surface area contributed by atoms with Crippen molar-refractivity contribution in [3.8, 4) is 0 Å². The Morgan fingerprint density at radius 2 is 2.31 bits per heavy atom. The molecule has 0 spiro atoms. The van der Waals surface area contributed by atoms with E-state index in [1.807, 2.05) is 0 Å². The molecule has 0 unspecified atom stereocenters. The quantitative estimate of drug-likeness (QED) is 0.209. The summed E-state index contributed by atoms with van der Waals surface area (Å²) in [4.78, 5) is 7.30. The smallest absolute Gasteiger partial charge is 0.224 e. The highest BCUT2D eigenvalue weighted by Crippen LogP contribution is 2.09. The van der Waals surface area contributed by atoms with Crippen molar-refractivity contribution in [2.75, 3.05) is 5.73 Å². The second-order valence-corrected chi connectivity index (χ2v) is 2.36. The van der Waals surface area contributed by atoms with E-state index in [2.05, 4.69) is 20.3 Å². The van der Waals surface area contributed by atoms with Gasteiger partial charge in [-0.25, -0.2) is 9.97 Å². The highest BCUT2D eigenvalue weighted by atomic mass is 35.5. The molecule has 8 heteroatoms. The van der Waals surface area contributed by atoms with E-state index in [9.17, 15) is 0 Å². The average Bonchev–Trinajstić information content (AvgIpc) is 2.04. The zero-order valence-electron chi connectivity index (χ0n) is 6.40. The molecule has 0 radical (unpaired) electrons. The largest absolute Gasteiger partial charge is 0.383 e. The summed E-state index contributed by atoms with van der Waals surface area (Å²) in [5.74, 6) is 0.0778. The standard InChI is InChI=1S/C5H6ClN7/c6-5-10-1-2(3(7)11-5)4(8)12-13-9/h1H,(H2,7,10,11)(H3,8,9,12). The summed E-state index contributed by atoms with van der Waals surface area (Å²) in [5.41, 5.74) is 17.6. The Labute approximate surface area is 78.3 Å². The molecule has 1 aromatic heterocycles. The molecule has 13 heavy (non-hydrogen) atoms. The first-order valence-electron chi connectivity index (χ1n) is 3.13. The molecule has 0 saturated carbocycles. The molecule has 1 aromatic rings. The van der Waals surface area contributed by atoms with Gasteiger partial charge in [0.15, 0.2) is 5.84 Å². The molecule has 0 atom stereocenters. The second kappa shape index (κ2) is 3.76. The van der Waals surface area contributed by atoms with Crippen LogP contribution in [0.3, 0.4) is 0 Å².